The van der Waals surface area contributed by atoms with Crippen LogP contribution in [-0.2, 0) is 24.3 Å². The van der Waals surface area contributed by atoms with Gasteiger partial charge in [-0.2, -0.15) is 0 Å². The van der Waals surface area contributed by atoms with Gasteiger partial charge in [0.25, 0.3) is 0 Å². The van der Waals surface area contributed by atoms with Crippen molar-refractivity contribution in [1.29, 1.82) is 0 Å². The Balaban J connectivity index is 1.55. The standard InChI is InChI=1S/C28H37.C12H9Si.2ClH.Zr/c1-7-9-11-21-14-23-13-12-22(10-8-2)28(27(23)15-21)26-17-24(19(3)4)16-25(18-26)20(5)6;1-3-7-11-9(5-1)10-6-2-4-8-12(10)13-11;;;/h12-20H,7-11H2,1-6H3;1-7H,13H2;2*1H;/q;;;;+2/p-2. The number of fused-ring (bicyclic) bond motifs is 4. The molecule has 0 bridgehead atoms. The molecular formula is C40H46Cl2SiZr. The van der Waals surface area contributed by atoms with Crippen molar-refractivity contribution in [1.82, 2.24) is 0 Å². The van der Waals surface area contributed by atoms with Crippen LogP contribution < -0.4 is 13.6 Å². The molecule has 1 heterocycles. The Morgan fingerprint density at radius 1 is 0.773 bits per heavy atom. The molecule has 0 fully saturated rings. The van der Waals surface area contributed by atoms with Gasteiger partial charge in [-0.05, 0) is 0 Å². The van der Waals surface area contributed by atoms with Crippen molar-refractivity contribution < 1.29 is 17.9 Å². The Morgan fingerprint density at radius 3 is 2.16 bits per heavy atom. The first kappa shape index (κ1) is 32.2. The van der Waals surface area contributed by atoms with Crippen molar-refractivity contribution in [3.8, 4) is 22.3 Å². The summed E-state index contributed by atoms with van der Waals surface area (Å²) in [6.07, 6.45) is 8.12. The predicted octanol–water partition coefficient (Wildman–Crippen LogP) is 10.1. The normalized spacial score (nSPS) is 16.0. The van der Waals surface area contributed by atoms with E-state index in [1.807, 2.05) is 0 Å². The predicted molar refractivity (Wildman–Crippen MR) is 195 cm³/mol. The van der Waals surface area contributed by atoms with Crippen LogP contribution in [0.25, 0.3) is 28.3 Å². The van der Waals surface area contributed by atoms with Crippen molar-refractivity contribution in [2.24, 2.45) is 0 Å². The third-order valence-corrected chi connectivity index (χ3v) is 24.2. The second-order valence-corrected chi connectivity index (χ2v) is 29.4. The molecule has 0 N–H and O–H groups in total. The van der Waals surface area contributed by atoms with Gasteiger partial charge in [-0.1, -0.05) is 0 Å². The van der Waals surface area contributed by atoms with Crippen LogP contribution >= 0.6 is 17.0 Å². The summed E-state index contributed by atoms with van der Waals surface area (Å²) in [7, 11) is 15.3. The number of hydrogen-bond donors (Lipinski definition) is 0. The Labute approximate surface area is 279 Å². The summed E-state index contributed by atoms with van der Waals surface area (Å²) in [4.78, 5) is 0. The van der Waals surface area contributed by atoms with Crippen molar-refractivity contribution in [3.63, 3.8) is 0 Å². The summed E-state index contributed by atoms with van der Waals surface area (Å²) in [6, 6.07) is 27.9. The minimum absolute atomic E-state index is 0.130. The Hall–Kier alpha value is -1.70. The molecule has 1 unspecified atom stereocenters. The van der Waals surface area contributed by atoms with Gasteiger partial charge in [-0.25, -0.2) is 0 Å². The molecule has 1 atom stereocenters. The number of allylic oxidation sites excluding steroid dienone is 1. The summed E-state index contributed by atoms with van der Waals surface area (Å²) < 4.78 is 1.46. The molecule has 0 saturated carbocycles. The summed E-state index contributed by atoms with van der Waals surface area (Å²) >= 11 is -4.01. The molecule has 2 aliphatic rings. The van der Waals surface area contributed by atoms with Gasteiger partial charge in [-0.15, -0.1) is 0 Å². The fourth-order valence-corrected chi connectivity index (χ4v) is 24.4. The summed E-state index contributed by atoms with van der Waals surface area (Å²) in [5.41, 5.74) is 14.1. The van der Waals surface area contributed by atoms with E-state index in [-0.39, 0.29) is 3.63 Å². The van der Waals surface area contributed by atoms with Crippen LogP contribution in [0.1, 0.15) is 111 Å². The zero-order valence-electron chi connectivity index (χ0n) is 27.2. The maximum absolute atomic E-state index is 7.99. The molecule has 0 saturated heterocycles. The third-order valence-electron chi connectivity index (χ3n) is 9.89. The van der Waals surface area contributed by atoms with Crippen molar-refractivity contribution in [2.45, 2.75) is 89.1 Å². The summed E-state index contributed by atoms with van der Waals surface area (Å²) in [6.45, 7) is 13.8. The van der Waals surface area contributed by atoms with Gasteiger partial charge in [0.2, 0.25) is 0 Å². The van der Waals surface area contributed by atoms with E-state index in [1.54, 1.807) is 0 Å². The number of aryl methyl sites for hydroxylation is 1. The molecule has 1 aliphatic carbocycles. The van der Waals surface area contributed by atoms with Crippen LogP contribution in [0.5, 0.6) is 0 Å². The Kier molecular flexibility index (Phi) is 9.67. The molecule has 0 spiro atoms. The molecule has 0 nitrogen and oxygen atoms in total. The number of benzene rings is 4. The second-order valence-electron chi connectivity index (χ2n) is 13.6. The van der Waals surface area contributed by atoms with Gasteiger partial charge < -0.3 is 0 Å². The van der Waals surface area contributed by atoms with Gasteiger partial charge in [0.15, 0.2) is 0 Å². The monoisotopic (exact) mass is 714 g/mol. The van der Waals surface area contributed by atoms with Crippen LogP contribution in [0.4, 0.5) is 0 Å². The minimum atomic E-state index is -4.01. The zero-order chi connectivity index (χ0) is 31.2. The average Bonchev–Trinajstić information content (AvgIpc) is 3.58. The molecule has 228 valence electrons. The number of halogens is 2. The second kappa shape index (κ2) is 13.2. The van der Waals surface area contributed by atoms with Gasteiger partial charge in [-0.3, -0.25) is 0 Å². The number of unbranched alkanes of at least 4 members (excludes halogenated alkanes) is 1. The van der Waals surface area contributed by atoms with Gasteiger partial charge >= 0.3 is 282 Å². The molecule has 44 heavy (non-hydrogen) atoms. The van der Waals surface area contributed by atoms with Gasteiger partial charge in [0.1, 0.15) is 0 Å². The quantitative estimate of drug-likeness (QED) is 0.126. The first-order valence-electron chi connectivity index (χ1n) is 16.8. The van der Waals surface area contributed by atoms with Crippen LogP contribution in [0.3, 0.4) is 0 Å². The SMILES string of the molecule is CCCCC1=Cc2c(ccc(CCC)c2-c2cc(C(C)C)cc(C(C)C)c2)[CH]1[Zr]([Cl])([Cl])[c]1cccc2c1[SiH2]c1ccccc1-2. The van der Waals surface area contributed by atoms with E-state index in [9.17, 15) is 0 Å². The van der Waals surface area contributed by atoms with Crippen molar-refractivity contribution in [3.05, 3.63) is 106 Å². The first-order valence-corrected chi connectivity index (χ1v) is 27.1. The number of rotatable bonds is 10. The Morgan fingerprint density at radius 2 is 1.48 bits per heavy atom. The van der Waals surface area contributed by atoms with Crippen molar-refractivity contribution >= 4 is 46.3 Å². The van der Waals surface area contributed by atoms with E-state index in [1.165, 1.54) is 75.7 Å². The molecule has 4 aromatic rings. The Bertz CT molecular complexity index is 1710. The molecule has 4 heteroatoms. The van der Waals surface area contributed by atoms with E-state index in [0.717, 1.165) is 25.7 Å². The van der Waals surface area contributed by atoms with E-state index >= 15 is 0 Å². The number of hydrogen-bond acceptors (Lipinski definition) is 0. The van der Waals surface area contributed by atoms with Gasteiger partial charge in [0.05, 0.1) is 0 Å². The molecule has 0 radical (unpaired) electrons. The topological polar surface area (TPSA) is 0 Å². The third kappa shape index (κ3) is 5.83. The van der Waals surface area contributed by atoms with E-state index in [4.69, 9.17) is 17.0 Å². The molecule has 1 aliphatic heterocycles. The molecule has 0 aromatic heterocycles. The molecule has 4 aromatic carbocycles. The molecule has 0 amide bonds. The van der Waals surface area contributed by atoms with Crippen LogP contribution in [0.2, 0.25) is 0 Å². The fourth-order valence-electron chi connectivity index (χ4n) is 7.51. The zero-order valence-corrected chi connectivity index (χ0v) is 32.6. The average molecular weight is 717 g/mol. The fraction of sp³-hybridized carbons (Fsp3) is 0.350. The summed E-state index contributed by atoms with van der Waals surface area (Å²) in [5, 5.41) is 3.03. The van der Waals surface area contributed by atoms with Gasteiger partial charge in [0, 0.05) is 0 Å². The van der Waals surface area contributed by atoms with Crippen molar-refractivity contribution in [2.75, 3.05) is 0 Å². The van der Waals surface area contributed by atoms with Crippen LogP contribution in [-0.4, -0.2) is 9.52 Å². The molecular weight excluding hydrogens is 671 g/mol. The summed E-state index contributed by atoms with van der Waals surface area (Å²) in [5.74, 6) is 0.954. The first-order chi connectivity index (χ1) is 21.1. The maximum atomic E-state index is 7.99. The van der Waals surface area contributed by atoms with E-state index in [0.29, 0.717) is 11.8 Å². The van der Waals surface area contributed by atoms with Crippen LogP contribution in [0.15, 0.2) is 78.4 Å². The van der Waals surface area contributed by atoms with E-state index < -0.39 is 27.4 Å². The molecule has 6 rings (SSSR count). The van der Waals surface area contributed by atoms with Crippen LogP contribution in [0, 0.1) is 0 Å². The van der Waals surface area contributed by atoms with E-state index in [2.05, 4.69) is 120 Å².